The minimum Gasteiger partial charge on any atom is -0.422 e. The highest BCUT2D eigenvalue weighted by molar-refractivity contribution is 6.30. The van der Waals surface area contributed by atoms with E-state index in [1.165, 1.54) is 32.0 Å². The number of carbonyl (C=O) groups excluding carboxylic acids is 3. The number of benzene rings is 2. The molecule has 6 nitrogen and oxygen atoms in total. The molecule has 1 saturated heterocycles. The third-order valence-corrected chi connectivity index (χ3v) is 4.70. The average molecular weight is 420 g/mol. The molecule has 0 bridgehead atoms. The Hall–Kier alpha value is -2.77. The molecule has 1 atom stereocenters. The molecule has 0 saturated carbocycles. The van der Waals surface area contributed by atoms with Crippen molar-refractivity contribution in [1.82, 2.24) is 0 Å². The first-order valence-corrected chi connectivity index (χ1v) is 9.24. The lowest BCUT2D eigenvalue weighted by Crippen LogP contribution is -2.53. The minimum atomic E-state index is -1.70. The number of nitrogens with two attached hydrogens (primary N) is 1. The summed E-state index contributed by atoms with van der Waals surface area (Å²) < 4.78 is 23.9. The molecule has 2 N–H and O–H groups in total. The standard InChI is InChI=1S/C21H19ClFNO5/c1-21(2)28-19(26)17(20(27)29-21)18(25)16(24)9-11-3-5-12(6-4-11)14-10-13(22)7-8-15(14)23/h3-8,10,16-17H,9,24H2,1-2H3/t16-/m1/s1. The second-order valence-corrected chi connectivity index (χ2v) is 7.65. The van der Waals surface area contributed by atoms with E-state index in [4.69, 9.17) is 26.8 Å². The van der Waals surface area contributed by atoms with Crippen molar-refractivity contribution in [2.24, 2.45) is 11.7 Å². The van der Waals surface area contributed by atoms with Crippen LogP contribution in [0.4, 0.5) is 4.39 Å². The van der Waals surface area contributed by atoms with Gasteiger partial charge in [-0.1, -0.05) is 35.9 Å². The third kappa shape index (κ3) is 4.63. The highest BCUT2D eigenvalue weighted by Gasteiger charge is 2.48. The fraction of sp³-hybridized carbons (Fsp3) is 0.286. The van der Waals surface area contributed by atoms with Crippen LogP contribution in [0.5, 0.6) is 0 Å². The Morgan fingerprint density at radius 3 is 2.31 bits per heavy atom. The molecule has 0 spiro atoms. The van der Waals surface area contributed by atoms with E-state index in [2.05, 4.69) is 0 Å². The van der Waals surface area contributed by atoms with Crippen molar-refractivity contribution < 1.29 is 28.2 Å². The largest absolute Gasteiger partial charge is 0.422 e. The Bertz CT molecular complexity index is 954. The number of ketones is 1. The van der Waals surface area contributed by atoms with Gasteiger partial charge < -0.3 is 15.2 Å². The average Bonchev–Trinajstić information content (AvgIpc) is 2.62. The summed E-state index contributed by atoms with van der Waals surface area (Å²) in [5, 5.41) is 0.410. The topological polar surface area (TPSA) is 95.7 Å². The Kier molecular flexibility index (Phi) is 5.73. The maximum Gasteiger partial charge on any atom is 0.331 e. The van der Waals surface area contributed by atoms with Crippen LogP contribution in [0.1, 0.15) is 19.4 Å². The highest BCUT2D eigenvalue weighted by Crippen LogP contribution is 2.27. The molecule has 0 aliphatic carbocycles. The molecule has 29 heavy (non-hydrogen) atoms. The van der Waals surface area contributed by atoms with E-state index >= 15 is 0 Å². The van der Waals surface area contributed by atoms with E-state index < -0.39 is 41.3 Å². The molecule has 2 aromatic rings. The van der Waals surface area contributed by atoms with Gasteiger partial charge in [0.1, 0.15) is 5.82 Å². The first-order valence-electron chi connectivity index (χ1n) is 8.87. The zero-order valence-corrected chi connectivity index (χ0v) is 16.5. The molecule has 0 unspecified atom stereocenters. The number of Topliss-reactive ketones (excluding diaryl/α,β-unsaturated/α-hetero) is 1. The van der Waals surface area contributed by atoms with Gasteiger partial charge in [-0.2, -0.15) is 0 Å². The summed E-state index contributed by atoms with van der Waals surface area (Å²) in [4.78, 5) is 36.6. The number of hydrogen-bond donors (Lipinski definition) is 1. The Labute approximate surface area is 171 Å². The molecule has 0 amide bonds. The number of esters is 2. The van der Waals surface area contributed by atoms with Gasteiger partial charge in [0.15, 0.2) is 5.78 Å². The number of cyclic esters (lactones) is 2. The third-order valence-electron chi connectivity index (χ3n) is 4.46. The molecular weight excluding hydrogens is 401 g/mol. The smallest absolute Gasteiger partial charge is 0.331 e. The second-order valence-electron chi connectivity index (χ2n) is 7.21. The van der Waals surface area contributed by atoms with Crippen molar-refractivity contribution in [3.63, 3.8) is 0 Å². The summed E-state index contributed by atoms with van der Waals surface area (Å²) in [7, 11) is 0. The van der Waals surface area contributed by atoms with Gasteiger partial charge in [0.05, 0.1) is 6.04 Å². The van der Waals surface area contributed by atoms with E-state index in [-0.39, 0.29) is 6.42 Å². The van der Waals surface area contributed by atoms with Crippen molar-refractivity contribution >= 4 is 29.3 Å². The Balaban J connectivity index is 1.71. The van der Waals surface area contributed by atoms with Gasteiger partial charge in [0.25, 0.3) is 5.79 Å². The molecule has 0 radical (unpaired) electrons. The number of rotatable bonds is 5. The van der Waals surface area contributed by atoms with Gasteiger partial charge in [-0.25, -0.2) is 4.39 Å². The van der Waals surface area contributed by atoms with Crippen molar-refractivity contribution in [2.75, 3.05) is 0 Å². The predicted octanol–water partition coefficient (Wildman–Crippen LogP) is 3.04. The van der Waals surface area contributed by atoms with E-state index in [1.54, 1.807) is 24.3 Å². The van der Waals surface area contributed by atoms with Crippen LogP contribution in [-0.4, -0.2) is 29.6 Å². The maximum atomic E-state index is 14.0. The summed E-state index contributed by atoms with van der Waals surface area (Å²) in [5.74, 6) is -6.25. The minimum absolute atomic E-state index is 0.0809. The molecule has 152 valence electrons. The van der Waals surface area contributed by atoms with Crippen LogP contribution in [0.25, 0.3) is 11.1 Å². The van der Waals surface area contributed by atoms with Gasteiger partial charge >= 0.3 is 11.9 Å². The fourth-order valence-electron chi connectivity index (χ4n) is 3.06. The summed E-state index contributed by atoms with van der Waals surface area (Å²) >= 11 is 5.92. The Morgan fingerprint density at radius 1 is 1.14 bits per heavy atom. The highest BCUT2D eigenvalue weighted by atomic mass is 35.5. The summed E-state index contributed by atoms with van der Waals surface area (Å²) in [5.41, 5.74) is 7.55. The lowest BCUT2D eigenvalue weighted by Gasteiger charge is -2.32. The normalized spacial score (nSPS) is 17.4. The molecule has 1 heterocycles. The van der Waals surface area contributed by atoms with E-state index in [9.17, 15) is 18.8 Å². The van der Waals surface area contributed by atoms with Gasteiger partial charge in [-0.05, 0) is 35.7 Å². The molecule has 0 aromatic heterocycles. The van der Waals surface area contributed by atoms with Crippen molar-refractivity contribution in [3.8, 4) is 11.1 Å². The molecule has 1 fully saturated rings. The number of hydrogen-bond acceptors (Lipinski definition) is 6. The summed E-state index contributed by atoms with van der Waals surface area (Å²) in [6.07, 6.45) is 0.0809. The van der Waals surface area contributed by atoms with Crippen molar-refractivity contribution in [3.05, 3.63) is 58.9 Å². The molecule has 2 aromatic carbocycles. The SMILES string of the molecule is CC1(C)OC(=O)C(C(=O)[C@H](N)Cc2ccc(-c3cc(Cl)ccc3F)cc2)C(=O)O1. The van der Waals surface area contributed by atoms with Crippen LogP contribution in [0.15, 0.2) is 42.5 Å². The van der Waals surface area contributed by atoms with Gasteiger partial charge in [-0.15, -0.1) is 0 Å². The van der Waals surface area contributed by atoms with Crippen LogP contribution < -0.4 is 5.73 Å². The van der Waals surface area contributed by atoms with Crippen LogP contribution >= 0.6 is 11.6 Å². The van der Waals surface area contributed by atoms with Gasteiger partial charge in [0.2, 0.25) is 5.92 Å². The second kappa shape index (κ2) is 7.93. The number of carbonyl (C=O) groups is 3. The van der Waals surface area contributed by atoms with Crippen LogP contribution in [0.2, 0.25) is 5.02 Å². The van der Waals surface area contributed by atoms with Crippen LogP contribution in [0.3, 0.4) is 0 Å². The van der Waals surface area contributed by atoms with Crippen LogP contribution in [0, 0.1) is 11.7 Å². The quantitative estimate of drug-likeness (QED) is 0.591. The van der Waals surface area contributed by atoms with Crippen LogP contribution in [-0.2, 0) is 30.3 Å². The zero-order valence-electron chi connectivity index (χ0n) is 15.8. The monoisotopic (exact) mass is 419 g/mol. The van der Waals surface area contributed by atoms with Gasteiger partial charge in [-0.3, -0.25) is 14.4 Å². The lowest BCUT2D eigenvalue weighted by molar-refractivity contribution is -0.238. The Morgan fingerprint density at radius 2 is 1.72 bits per heavy atom. The molecule has 1 aliphatic rings. The summed E-state index contributed by atoms with van der Waals surface area (Å²) in [6, 6.07) is 9.86. The first kappa shape index (κ1) is 21.0. The van der Waals surface area contributed by atoms with Crippen molar-refractivity contribution in [2.45, 2.75) is 32.1 Å². The first-order chi connectivity index (χ1) is 13.6. The van der Waals surface area contributed by atoms with E-state index in [0.29, 0.717) is 21.7 Å². The number of halogens is 2. The lowest BCUT2D eigenvalue weighted by atomic mass is 9.92. The van der Waals surface area contributed by atoms with Gasteiger partial charge in [0, 0.05) is 24.4 Å². The molecule has 3 rings (SSSR count). The molecule has 1 aliphatic heterocycles. The molecule has 8 heteroatoms. The fourth-order valence-corrected chi connectivity index (χ4v) is 3.23. The molecular formula is C21H19ClFNO5. The summed E-state index contributed by atoms with van der Waals surface area (Å²) in [6.45, 7) is 2.79. The van der Waals surface area contributed by atoms with E-state index in [1.807, 2.05) is 0 Å². The number of ether oxygens (including phenoxy) is 2. The maximum absolute atomic E-state index is 14.0. The van der Waals surface area contributed by atoms with E-state index in [0.717, 1.165) is 0 Å². The zero-order chi connectivity index (χ0) is 21.3. The van der Waals surface area contributed by atoms with Crippen molar-refractivity contribution in [1.29, 1.82) is 0 Å². The predicted molar refractivity (Wildman–Crippen MR) is 103 cm³/mol.